The van der Waals surface area contributed by atoms with Crippen molar-refractivity contribution in [3.8, 4) is 5.75 Å². The van der Waals surface area contributed by atoms with Crippen LogP contribution in [0.3, 0.4) is 0 Å². The van der Waals surface area contributed by atoms with Crippen LogP contribution in [0, 0.1) is 0 Å². The van der Waals surface area contributed by atoms with Crippen LogP contribution in [0.25, 0.3) is 0 Å². The summed E-state index contributed by atoms with van der Waals surface area (Å²) >= 11 is 0. The van der Waals surface area contributed by atoms with Gasteiger partial charge >= 0.3 is 0 Å². The Balaban J connectivity index is 1.09. The van der Waals surface area contributed by atoms with Crippen molar-refractivity contribution < 1.29 is 19.0 Å². The molecule has 0 radical (unpaired) electrons. The zero-order valence-electron chi connectivity index (χ0n) is 16.1. The average molecular weight is 393 g/mol. The Bertz CT molecular complexity index is 944. The fourth-order valence-corrected chi connectivity index (χ4v) is 5.09. The Hall–Kier alpha value is -2.51. The number of carbonyl (C=O) groups is 1. The molecule has 1 unspecified atom stereocenters. The maximum Gasteiger partial charge on any atom is 0.257 e. The van der Waals surface area contributed by atoms with Gasteiger partial charge in [-0.1, -0.05) is 6.07 Å². The Kier molecular flexibility index (Phi) is 3.89. The number of fused-ring (bicyclic) bond motifs is 2. The third kappa shape index (κ3) is 2.75. The summed E-state index contributed by atoms with van der Waals surface area (Å²) in [5.41, 5.74) is 2.54. The standard InChI is InChI=1S/C22H23N3O4/c26-21-22(29-20-4-2-18(25(20)21)17-12-23-6-7-24-17)10-16(11-22)28-13-14-1-3-19-15(9-14)5-8-27-19/h1,3,6-7,9,12,16,18,20H,2,4-5,8,10-11,13H2/t16?,18-,20?,22?/m0/s1. The third-order valence-corrected chi connectivity index (χ3v) is 6.60. The van der Waals surface area contributed by atoms with Gasteiger partial charge in [0.15, 0.2) is 5.60 Å². The molecule has 1 spiro atoms. The van der Waals surface area contributed by atoms with Gasteiger partial charge in [0.1, 0.15) is 12.0 Å². The first kappa shape index (κ1) is 17.4. The van der Waals surface area contributed by atoms with Gasteiger partial charge in [0, 0.05) is 31.7 Å². The van der Waals surface area contributed by atoms with Gasteiger partial charge in [0.05, 0.1) is 37.3 Å². The maximum absolute atomic E-state index is 13.2. The predicted octanol–water partition coefficient (Wildman–Crippen LogP) is 2.55. The molecule has 4 heterocycles. The van der Waals surface area contributed by atoms with Crippen LogP contribution < -0.4 is 4.74 Å². The van der Waals surface area contributed by atoms with E-state index in [2.05, 4.69) is 22.1 Å². The van der Waals surface area contributed by atoms with Gasteiger partial charge < -0.3 is 19.1 Å². The van der Waals surface area contributed by atoms with Crippen molar-refractivity contribution in [1.82, 2.24) is 14.9 Å². The summed E-state index contributed by atoms with van der Waals surface area (Å²) in [5.74, 6) is 1.07. The molecule has 29 heavy (non-hydrogen) atoms. The average Bonchev–Trinajstić information content (AvgIpc) is 3.41. The van der Waals surface area contributed by atoms with Gasteiger partial charge in [0.2, 0.25) is 0 Å². The number of amides is 1. The van der Waals surface area contributed by atoms with Crippen LogP contribution in [0.5, 0.6) is 5.75 Å². The predicted molar refractivity (Wildman–Crippen MR) is 102 cm³/mol. The fourth-order valence-electron chi connectivity index (χ4n) is 5.09. The number of hydrogen-bond donors (Lipinski definition) is 0. The molecule has 6 rings (SSSR count). The summed E-state index contributed by atoms with van der Waals surface area (Å²) in [6.07, 6.45) is 8.91. The van der Waals surface area contributed by atoms with Crippen molar-refractivity contribution in [2.75, 3.05) is 6.61 Å². The molecule has 1 aromatic carbocycles. The van der Waals surface area contributed by atoms with Crippen LogP contribution in [-0.4, -0.2) is 45.3 Å². The first-order valence-corrected chi connectivity index (χ1v) is 10.3. The van der Waals surface area contributed by atoms with E-state index in [4.69, 9.17) is 14.2 Å². The minimum Gasteiger partial charge on any atom is -0.493 e. The Morgan fingerprint density at radius 2 is 2.17 bits per heavy atom. The molecule has 3 aliphatic heterocycles. The Morgan fingerprint density at radius 3 is 3.03 bits per heavy atom. The van der Waals surface area contributed by atoms with E-state index in [0.29, 0.717) is 19.4 Å². The first-order chi connectivity index (χ1) is 14.2. The van der Waals surface area contributed by atoms with E-state index in [0.717, 1.165) is 42.9 Å². The van der Waals surface area contributed by atoms with Crippen LogP contribution in [0.2, 0.25) is 0 Å². The Labute approximate surface area is 169 Å². The van der Waals surface area contributed by atoms with Gasteiger partial charge in [-0.05, 0) is 36.1 Å². The monoisotopic (exact) mass is 393 g/mol. The van der Waals surface area contributed by atoms with E-state index >= 15 is 0 Å². The molecule has 7 heteroatoms. The summed E-state index contributed by atoms with van der Waals surface area (Å²) in [5, 5.41) is 0. The minimum atomic E-state index is -0.706. The van der Waals surface area contributed by atoms with Crippen LogP contribution in [0.1, 0.15) is 48.5 Å². The SMILES string of the molecule is O=C1N2C(CC[C@H]2c2cnccn2)OC12CC(OCc1ccc3c(c1)CCO3)C2. The van der Waals surface area contributed by atoms with Crippen LogP contribution >= 0.6 is 0 Å². The molecule has 2 aromatic rings. The zero-order valence-corrected chi connectivity index (χ0v) is 16.1. The van der Waals surface area contributed by atoms with Crippen LogP contribution in [0.4, 0.5) is 0 Å². The van der Waals surface area contributed by atoms with Crippen molar-refractivity contribution in [1.29, 1.82) is 0 Å². The van der Waals surface area contributed by atoms with E-state index in [1.165, 1.54) is 5.56 Å². The molecule has 0 bridgehead atoms. The highest BCUT2D eigenvalue weighted by Gasteiger charge is 2.63. The molecule has 2 saturated heterocycles. The van der Waals surface area contributed by atoms with Crippen molar-refractivity contribution >= 4 is 5.91 Å². The van der Waals surface area contributed by atoms with Crippen LogP contribution in [-0.2, 0) is 27.3 Å². The summed E-state index contributed by atoms with van der Waals surface area (Å²) in [6.45, 7) is 1.31. The second kappa shape index (κ2) is 6.50. The van der Waals surface area contributed by atoms with Crippen molar-refractivity contribution in [2.45, 2.75) is 62.7 Å². The van der Waals surface area contributed by atoms with Crippen molar-refractivity contribution in [3.05, 3.63) is 53.6 Å². The lowest BCUT2D eigenvalue weighted by Gasteiger charge is -2.42. The minimum absolute atomic E-state index is 0.0332. The van der Waals surface area contributed by atoms with Crippen molar-refractivity contribution in [3.63, 3.8) is 0 Å². The molecule has 1 saturated carbocycles. The third-order valence-electron chi connectivity index (χ3n) is 6.60. The van der Waals surface area contributed by atoms with Crippen LogP contribution in [0.15, 0.2) is 36.8 Å². The highest BCUT2D eigenvalue weighted by atomic mass is 16.6. The highest BCUT2D eigenvalue weighted by Crippen LogP contribution is 2.51. The lowest BCUT2D eigenvalue weighted by molar-refractivity contribution is -0.177. The van der Waals surface area contributed by atoms with E-state index < -0.39 is 5.60 Å². The summed E-state index contributed by atoms with van der Waals surface area (Å²) in [6, 6.07) is 6.20. The molecular formula is C22H23N3O4. The topological polar surface area (TPSA) is 73.8 Å². The van der Waals surface area contributed by atoms with E-state index in [9.17, 15) is 4.79 Å². The van der Waals surface area contributed by atoms with Gasteiger partial charge in [-0.3, -0.25) is 14.8 Å². The van der Waals surface area contributed by atoms with Gasteiger partial charge in [0.25, 0.3) is 5.91 Å². The number of rotatable bonds is 4. The Morgan fingerprint density at radius 1 is 1.24 bits per heavy atom. The molecule has 1 aliphatic carbocycles. The zero-order chi connectivity index (χ0) is 19.4. The molecule has 2 atom stereocenters. The normalized spacial score (nSPS) is 32.2. The van der Waals surface area contributed by atoms with E-state index in [1.54, 1.807) is 18.6 Å². The molecule has 1 aromatic heterocycles. The van der Waals surface area contributed by atoms with E-state index in [-0.39, 0.29) is 24.3 Å². The largest absolute Gasteiger partial charge is 0.493 e. The van der Waals surface area contributed by atoms with Crippen molar-refractivity contribution in [2.24, 2.45) is 0 Å². The smallest absolute Gasteiger partial charge is 0.257 e. The number of aromatic nitrogens is 2. The lowest BCUT2D eigenvalue weighted by atomic mass is 9.76. The number of nitrogens with zero attached hydrogens (tertiary/aromatic N) is 3. The van der Waals surface area contributed by atoms with Gasteiger partial charge in [-0.25, -0.2) is 0 Å². The van der Waals surface area contributed by atoms with Gasteiger partial charge in [-0.15, -0.1) is 0 Å². The highest BCUT2D eigenvalue weighted by molar-refractivity contribution is 5.89. The lowest BCUT2D eigenvalue weighted by Crippen LogP contribution is -2.54. The summed E-state index contributed by atoms with van der Waals surface area (Å²) in [7, 11) is 0. The molecule has 7 nitrogen and oxygen atoms in total. The fraction of sp³-hybridized carbons (Fsp3) is 0.500. The maximum atomic E-state index is 13.2. The summed E-state index contributed by atoms with van der Waals surface area (Å²) < 4.78 is 17.9. The van der Waals surface area contributed by atoms with Gasteiger partial charge in [-0.2, -0.15) is 0 Å². The number of benzene rings is 1. The second-order valence-electron chi connectivity index (χ2n) is 8.38. The molecule has 3 fully saturated rings. The number of hydrogen-bond acceptors (Lipinski definition) is 6. The molecule has 150 valence electrons. The quantitative estimate of drug-likeness (QED) is 0.795. The molecular weight excluding hydrogens is 370 g/mol. The molecule has 0 N–H and O–H groups in total. The molecule has 4 aliphatic rings. The number of ether oxygens (including phenoxy) is 3. The van der Waals surface area contributed by atoms with E-state index in [1.807, 2.05) is 11.0 Å². The number of carbonyl (C=O) groups excluding carboxylic acids is 1. The molecule has 1 amide bonds. The summed E-state index contributed by atoms with van der Waals surface area (Å²) in [4.78, 5) is 23.7. The first-order valence-electron chi connectivity index (χ1n) is 10.3. The second-order valence-corrected chi connectivity index (χ2v) is 8.38.